The Balaban J connectivity index is 1.52. The SMILES string of the molecule is CNC1(C)C=C(N[C@H]2C3CC(C[C@@H]2C)C3(C)C)NC(Nc2ccccc2)=N1. The number of anilines is 1. The Kier molecular flexibility index (Phi) is 4.46. The van der Waals surface area contributed by atoms with Crippen molar-refractivity contribution in [3.63, 3.8) is 0 Å². The van der Waals surface area contributed by atoms with Crippen LogP contribution in [-0.4, -0.2) is 24.7 Å². The summed E-state index contributed by atoms with van der Waals surface area (Å²) in [5.74, 6) is 4.12. The maximum absolute atomic E-state index is 4.81. The first kappa shape index (κ1) is 18.4. The molecule has 0 amide bonds. The third kappa shape index (κ3) is 3.33. The monoisotopic (exact) mass is 367 g/mol. The molecule has 2 bridgehead atoms. The van der Waals surface area contributed by atoms with E-state index in [9.17, 15) is 0 Å². The minimum atomic E-state index is -0.444. The molecule has 0 spiro atoms. The highest BCUT2D eigenvalue weighted by molar-refractivity contribution is 5.95. The largest absolute Gasteiger partial charge is 0.368 e. The molecule has 0 saturated heterocycles. The molecule has 3 aliphatic carbocycles. The second-order valence-corrected chi connectivity index (χ2v) is 9.28. The van der Waals surface area contributed by atoms with Crippen molar-refractivity contribution < 1.29 is 0 Å². The van der Waals surface area contributed by atoms with Gasteiger partial charge in [0, 0.05) is 11.7 Å². The van der Waals surface area contributed by atoms with E-state index in [4.69, 9.17) is 4.99 Å². The first-order valence-electron chi connectivity index (χ1n) is 10.2. The Hall–Kier alpha value is -2.01. The molecule has 5 heteroatoms. The predicted octanol–water partition coefficient (Wildman–Crippen LogP) is 3.50. The molecular weight excluding hydrogens is 334 g/mol. The fourth-order valence-corrected chi connectivity index (χ4v) is 5.14. The Bertz CT molecular complexity index is 753. The van der Waals surface area contributed by atoms with Crippen molar-refractivity contribution in [2.45, 2.75) is 52.2 Å². The van der Waals surface area contributed by atoms with Crippen LogP contribution in [0.5, 0.6) is 0 Å². The third-order valence-corrected chi connectivity index (χ3v) is 7.14. The maximum atomic E-state index is 4.81. The number of hydrogen-bond acceptors (Lipinski definition) is 5. The number of fused-ring (bicyclic) bond motifs is 2. The van der Waals surface area contributed by atoms with E-state index in [1.807, 2.05) is 37.4 Å². The van der Waals surface area contributed by atoms with Crippen molar-refractivity contribution in [2.75, 3.05) is 12.4 Å². The second kappa shape index (κ2) is 6.55. The quantitative estimate of drug-likeness (QED) is 0.658. The summed E-state index contributed by atoms with van der Waals surface area (Å²) in [7, 11) is 1.95. The van der Waals surface area contributed by atoms with E-state index >= 15 is 0 Å². The van der Waals surface area contributed by atoms with Gasteiger partial charge in [0.25, 0.3) is 0 Å². The molecule has 3 saturated carbocycles. The Morgan fingerprint density at radius 2 is 1.85 bits per heavy atom. The van der Waals surface area contributed by atoms with Crippen molar-refractivity contribution in [2.24, 2.45) is 28.2 Å². The molecule has 27 heavy (non-hydrogen) atoms. The molecule has 3 unspecified atom stereocenters. The lowest BCUT2D eigenvalue weighted by molar-refractivity contribution is -0.108. The van der Waals surface area contributed by atoms with Crippen LogP contribution in [0.1, 0.15) is 40.5 Å². The van der Waals surface area contributed by atoms with Gasteiger partial charge in [0.1, 0.15) is 11.5 Å². The van der Waals surface area contributed by atoms with Crippen LogP contribution >= 0.6 is 0 Å². The predicted molar refractivity (Wildman–Crippen MR) is 112 cm³/mol. The van der Waals surface area contributed by atoms with E-state index in [1.54, 1.807) is 0 Å². The molecule has 5 atom stereocenters. The van der Waals surface area contributed by atoms with Gasteiger partial charge in [-0.25, -0.2) is 4.99 Å². The van der Waals surface area contributed by atoms with Crippen molar-refractivity contribution in [1.29, 1.82) is 0 Å². The number of benzene rings is 1. The average Bonchev–Trinajstić information content (AvgIpc) is 2.63. The molecule has 1 aliphatic heterocycles. The minimum Gasteiger partial charge on any atom is -0.368 e. The van der Waals surface area contributed by atoms with Gasteiger partial charge < -0.3 is 16.0 Å². The molecule has 146 valence electrons. The van der Waals surface area contributed by atoms with Gasteiger partial charge >= 0.3 is 0 Å². The number of guanidine groups is 1. The van der Waals surface area contributed by atoms with Crippen LogP contribution in [0.3, 0.4) is 0 Å². The summed E-state index contributed by atoms with van der Waals surface area (Å²) in [5, 5.41) is 14.1. The Labute approximate surface area is 163 Å². The van der Waals surface area contributed by atoms with Crippen molar-refractivity contribution >= 4 is 11.6 Å². The van der Waals surface area contributed by atoms with Gasteiger partial charge in [-0.1, -0.05) is 39.0 Å². The molecule has 5 nitrogen and oxygen atoms in total. The smallest absolute Gasteiger partial charge is 0.203 e. The number of hydrogen-bond donors (Lipinski definition) is 4. The average molecular weight is 368 g/mol. The van der Waals surface area contributed by atoms with Crippen molar-refractivity contribution in [1.82, 2.24) is 16.0 Å². The van der Waals surface area contributed by atoms with Gasteiger partial charge in [0.15, 0.2) is 0 Å². The topological polar surface area (TPSA) is 60.5 Å². The summed E-state index contributed by atoms with van der Waals surface area (Å²) >= 11 is 0. The molecule has 4 N–H and O–H groups in total. The lowest BCUT2D eigenvalue weighted by Gasteiger charge is -2.62. The number of nitrogens with one attached hydrogen (secondary N) is 4. The summed E-state index contributed by atoms with van der Waals surface area (Å²) < 4.78 is 0. The van der Waals surface area contributed by atoms with Crippen molar-refractivity contribution in [3.05, 3.63) is 42.2 Å². The number of aliphatic imine (C=N–C) groups is 1. The highest BCUT2D eigenvalue weighted by Gasteiger charge is 2.56. The van der Waals surface area contributed by atoms with Crippen LogP contribution in [0.15, 0.2) is 47.2 Å². The Morgan fingerprint density at radius 3 is 2.52 bits per heavy atom. The molecular formula is C22H33N5. The van der Waals surface area contributed by atoms with Crippen LogP contribution in [-0.2, 0) is 0 Å². The van der Waals surface area contributed by atoms with Crippen LogP contribution in [0.2, 0.25) is 0 Å². The summed E-state index contributed by atoms with van der Waals surface area (Å²) in [4.78, 5) is 4.81. The molecule has 5 rings (SSSR count). The molecule has 1 heterocycles. The standard InChI is InChI=1S/C22H33N5/c1-14-11-15-12-17(21(15,2)3)19(14)25-18-13-22(4,23-5)27-20(26-18)24-16-9-7-6-8-10-16/h6-10,13-15,17,19,23,25H,11-12H2,1-5H3,(H2,24,26,27)/t14-,15?,17?,19+,22?/m0/s1. The summed E-state index contributed by atoms with van der Waals surface area (Å²) in [6, 6.07) is 10.7. The summed E-state index contributed by atoms with van der Waals surface area (Å²) in [6.07, 6.45) is 4.84. The zero-order valence-electron chi connectivity index (χ0n) is 17.1. The van der Waals surface area contributed by atoms with Crippen molar-refractivity contribution in [3.8, 4) is 0 Å². The fourth-order valence-electron chi connectivity index (χ4n) is 5.14. The first-order chi connectivity index (χ1) is 12.8. The van der Waals surface area contributed by atoms with Crippen LogP contribution in [0, 0.1) is 23.2 Å². The first-order valence-corrected chi connectivity index (χ1v) is 10.2. The van der Waals surface area contributed by atoms with Crippen LogP contribution in [0.4, 0.5) is 5.69 Å². The van der Waals surface area contributed by atoms with E-state index in [0.717, 1.165) is 29.3 Å². The normalized spacial score (nSPS) is 36.6. The number of para-hydroxylation sites is 1. The molecule has 1 aromatic rings. The molecule has 0 radical (unpaired) electrons. The highest BCUT2D eigenvalue weighted by Crippen LogP contribution is 2.60. The highest BCUT2D eigenvalue weighted by atomic mass is 15.3. The summed E-state index contributed by atoms with van der Waals surface area (Å²) in [5.41, 5.74) is 1.03. The van der Waals surface area contributed by atoms with Gasteiger partial charge in [-0.05, 0) is 68.2 Å². The molecule has 1 aromatic carbocycles. The van der Waals surface area contributed by atoms with E-state index in [-0.39, 0.29) is 0 Å². The fraction of sp³-hybridized carbons (Fsp3) is 0.591. The zero-order valence-corrected chi connectivity index (χ0v) is 17.1. The summed E-state index contributed by atoms with van der Waals surface area (Å²) in [6.45, 7) is 9.37. The molecule has 3 fully saturated rings. The van der Waals surface area contributed by atoms with Crippen LogP contribution in [0.25, 0.3) is 0 Å². The lowest BCUT2D eigenvalue weighted by Crippen LogP contribution is -2.63. The van der Waals surface area contributed by atoms with Crippen LogP contribution < -0.4 is 21.3 Å². The number of rotatable bonds is 4. The van der Waals surface area contributed by atoms with Gasteiger partial charge in [-0.15, -0.1) is 0 Å². The van der Waals surface area contributed by atoms with E-state index < -0.39 is 5.66 Å². The third-order valence-electron chi connectivity index (χ3n) is 7.14. The molecule has 0 aromatic heterocycles. The van der Waals surface area contributed by atoms with E-state index in [0.29, 0.717) is 17.4 Å². The van der Waals surface area contributed by atoms with Gasteiger partial charge in [-0.3, -0.25) is 5.32 Å². The Morgan fingerprint density at radius 1 is 1.11 bits per heavy atom. The van der Waals surface area contributed by atoms with E-state index in [1.165, 1.54) is 12.8 Å². The lowest BCUT2D eigenvalue weighted by atomic mass is 9.45. The number of likely N-dealkylation sites (N-methyl/N-ethyl adjacent to an activating group) is 1. The van der Waals surface area contributed by atoms with E-state index in [2.05, 4.69) is 55.0 Å². The minimum absolute atomic E-state index is 0.444. The van der Waals surface area contributed by atoms with Gasteiger partial charge in [-0.2, -0.15) is 0 Å². The van der Waals surface area contributed by atoms with Gasteiger partial charge in [0.05, 0.1) is 0 Å². The molecule has 4 aliphatic rings. The maximum Gasteiger partial charge on any atom is 0.203 e. The second-order valence-electron chi connectivity index (χ2n) is 9.28. The zero-order chi connectivity index (χ0) is 19.2. The van der Waals surface area contributed by atoms with Gasteiger partial charge in [0.2, 0.25) is 5.96 Å². The number of nitrogens with zero attached hydrogens (tertiary/aromatic N) is 1.